The standard InChI is InChI=1S/C52H37NS/c1-52(44-25-11-9-22-42(44)48(33-15-3-2-4-16-33)43-23-10-12-26-45(43)52)46-27-13-24-41-36-29-28-34(31-47(36)54-51(41)46)49-37-18-5-7-20-39(37)50(35-17-14-30-53-32-35)40-21-8-6-19-38(40)49/h2-27,29-32,34,44H,28H2,1H3. The van der Waals surface area contributed by atoms with E-state index in [1.165, 1.54) is 85.9 Å². The molecule has 6 aromatic carbocycles. The van der Waals surface area contributed by atoms with Gasteiger partial charge in [0.25, 0.3) is 0 Å². The lowest BCUT2D eigenvalue weighted by Gasteiger charge is -2.45. The number of rotatable bonds is 4. The van der Waals surface area contributed by atoms with Crippen molar-refractivity contribution in [3.8, 4) is 11.1 Å². The molecular weight excluding hydrogens is 671 g/mol. The predicted molar refractivity (Wildman–Crippen MR) is 229 cm³/mol. The van der Waals surface area contributed by atoms with Gasteiger partial charge in [0.05, 0.1) is 0 Å². The van der Waals surface area contributed by atoms with Gasteiger partial charge in [-0.2, -0.15) is 0 Å². The number of nitrogens with zero attached hydrogens (tertiary/aromatic N) is 1. The first-order valence-corrected chi connectivity index (χ1v) is 19.8. The minimum Gasteiger partial charge on any atom is -0.264 e. The molecule has 11 rings (SSSR count). The van der Waals surface area contributed by atoms with Gasteiger partial charge < -0.3 is 0 Å². The molecule has 0 N–H and O–H groups in total. The summed E-state index contributed by atoms with van der Waals surface area (Å²) in [4.78, 5) is 4.51. The topological polar surface area (TPSA) is 12.9 Å². The van der Waals surface area contributed by atoms with Crippen molar-refractivity contribution in [2.45, 2.75) is 24.7 Å². The van der Waals surface area contributed by atoms with Crippen LogP contribution in [0.4, 0.5) is 0 Å². The average Bonchev–Trinajstić information content (AvgIpc) is 3.62. The summed E-state index contributed by atoms with van der Waals surface area (Å²) in [6.07, 6.45) is 19.2. The molecule has 0 spiro atoms. The van der Waals surface area contributed by atoms with Gasteiger partial charge in [-0.1, -0.05) is 171 Å². The van der Waals surface area contributed by atoms with Crippen molar-refractivity contribution in [1.29, 1.82) is 0 Å². The first-order valence-electron chi connectivity index (χ1n) is 19.0. The number of fused-ring (bicyclic) bond motifs is 7. The zero-order chi connectivity index (χ0) is 35.8. The highest BCUT2D eigenvalue weighted by Crippen LogP contribution is 2.55. The van der Waals surface area contributed by atoms with Crippen molar-refractivity contribution >= 4 is 60.7 Å². The first-order chi connectivity index (χ1) is 26.7. The quantitative estimate of drug-likeness (QED) is 0.166. The maximum atomic E-state index is 4.51. The lowest BCUT2D eigenvalue weighted by Crippen LogP contribution is -2.38. The molecule has 0 aliphatic heterocycles. The van der Waals surface area contributed by atoms with Crippen LogP contribution in [0.3, 0.4) is 0 Å². The zero-order valence-corrected chi connectivity index (χ0v) is 30.9. The summed E-state index contributed by atoms with van der Waals surface area (Å²) in [6, 6.07) is 49.4. The molecule has 0 radical (unpaired) electrons. The van der Waals surface area contributed by atoms with Crippen LogP contribution in [0.5, 0.6) is 0 Å². The van der Waals surface area contributed by atoms with Crippen LogP contribution < -0.4 is 9.75 Å². The minimum absolute atomic E-state index is 0.203. The molecule has 8 aromatic rings. The third-order valence-electron chi connectivity index (χ3n) is 12.3. The third kappa shape index (κ3) is 4.53. The van der Waals surface area contributed by atoms with Crippen molar-refractivity contribution in [3.63, 3.8) is 0 Å². The van der Waals surface area contributed by atoms with E-state index in [-0.39, 0.29) is 17.3 Å². The molecule has 54 heavy (non-hydrogen) atoms. The van der Waals surface area contributed by atoms with Crippen LogP contribution in [0.15, 0.2) is 176 Å². The van der Waals surface area contributed by atoms with Crippen molar-refractivity contribution in [1.82, 2.24) is 4.98 Å². The van der Waals surface area contributed by atoms with Gasteiger partial charge in [0.15, 0.2) is 0 Å². The molecule has 0 saturated carbocycles. The van der Waals surface area contributed by atoms with E-state index in [9.17, 15) is 0 Å². The number of benzene rings is 6. The van der Waals surface area contributed by atoms with Crippen LogP contribution in [0.1, 0.15) is 47.1 Å². The summed E-state index contributed by atoms with van der Waals surface area (Å²) in [6.45, 7) is 2.49. The Labute approximate surface area is 319 Å². The van der Waals surface area contributed by atoms with Crippen molar-refractivity contribution in [2.24, 2.45) is 5.92 Å². The highest BCUT2D eigenvalue weighted by Gasteiger charge is 2.45. The van der Waals surface area contributed by atoms with E-state index >= 15 is 0 Å². The number of thiophene rings is 1. The van der Waals surface area contributed by atoms with E-state index in [0.29, 0.717) is 0 Å². The van der Waals surface area contributed by atoms with Crippen molar-refractivity contribution < 1.29 is 0 Å². The second-order valence-corrected chi connectivity index (χ2v) is 16.1. The molecule has 1 nitrogen and oxygen atoms in total. The highest BCUT2D eigenvalue weighted by atomic mass is 32.1. The molecule has 0 fully saturated rings. The number of allylic oxidation sites excluding steroid dienone is 5. The molecule has 256 valence electrons. The number of hydrogen-bond acceptors (Lipinski definition) is 2. The van der Waals surface area contributed by atoms with Crippen LogP contribution >= 0.6 is 11.3 Å². The van der Waals surface area contributed by atoms with Gasteiger partial charge in [-0.3, -0.25) is 4.98 Å². The van der Waals surface area contributed by atoms with Crippen LogP contribution in [0.25, 0.3) is 60.5 Å². The van der Waals surface area contributed by atoms with Crippen molar-refractivity contribution in [2.75, 3.05) is 0 Å². The lowest BCUT2D eigenvalue weighted by atomic mass is 9.57. The number of pyridine rings is 1. The molecule has 2 aromatic heterocycles. The van der Waals surface area contributed by atoms with Gasteiger partial charge in [0.2, 0.25) is 0 Å². The molecule has 3 aliphatic rings. The minimum atomic E-state index is -0.258. The fraction of sp³-hybridized carbons (Fsp3) is 0.0962. The highest BCUT2D eigenvalue weighted by molar-refractivity contribution is 7.17. The monoisotopic (exact) mass is 707 g/mol. The van der Waals surface area contributed by atoms with Crippen molar-refractivity contribution in [3.05, 3.63) is 213 Å². The summed E-state index contributed by atoms with van der Waals surface area (Å²) in [7, 11) is 0. The Morgan fingerprint density at radius 3 is 2.11 bits per heavy atom. The maximum absolute atomic E-state index is 4.51. The summed E-state index contributed by atoms with van der Waals surface area (Å²) in [5.41, 5.74) is 11.8. The van der Waals surface area contributed by atoms with E-state index in [4.69, 9.17) is 0 Å². The Morgan fingerprint density at radius 2 is 1.33 bits per heavy atom. The molecule has 0 bridgehead atoms. The largest absolute Gasteiger partial charge is 0.264 e. The summed E-state index contributed by atoms with van der Waals surface area (Å²) in [5.74, 6) is 0.459. The maximum Gasteiger partial charge on any atom is 0.0396 e. The molecule has 3 unspecified atom stereocenters. The normalized spacial score (nSPS) is 20.0. The van der Waals surface area contributed by atoms with E-state index in [2.05, 4.69) is 176 Å². The summed E-state index contributed by atoms with van der Waals surface area (Å²) in [5, 5.41) is 7.99. The van der Waals surface area contributed by atoms with Gasteiger partial charge in [-0.25, -0.2) is 0 Å². The summed E-state index contributed by atoms with van der Waals surface area (Å²) >= 11 is 1.99. The smallest absolute Gasteiger partial charge is 0.0396 e. The fourth-order valence-electron chi connectivity index (χ4n) is 9.98. The first kappa shape index (κ1) is 31.4. The second kappa shape index (κ2) is 12.2. The number of hydrogen-bond donors (Lipinski definition) is 0. The van der Waals surface area contributed by atoms with Gasteiger partial charge in [-0.15, -0.1) is 11.3 Å². The Hall–Kier alpha value is -6.09. The molecule has 0 saturated heterocycles. The molecule has 2 heteroatoms. The lowest BCUT2D eigenvalue weighted by molar-refractivity contribution is 0.467. The molecule has 0 amide bonds. The van der Waals surface area contributed by atoms with E-state index in [1.807, 2.05) is 29.8 Å². The number of aromatic nitrogens is 1. The molecular formula is C52H37NS. The van der Waals surface area contributed by atoms with Crippen LogP contribution in [-0.4, -0.2) is 4.98 Å². The van der Waals surface area contributed by atoms with E-state index in [1.54, 1.807) is 0 Å². The Bertz CT molecular complexity index is 2980. The average molecular weight is 708 g/mol. The Kier molecular flexibility index (Phi) is 7.12. The van der Waals surface area contributed by atoms with Gasteiger partial charge in [0, 0.05) is 49.8 Å². The Morgan fingerprint density at radius 1 is 0.648 bits per heavy atom. The SMILES string of the molecule is CC1(c2cccc3c4c(sc23)=CC(c2c3ccccc3c(-c3cccnc3)c3ccccc23)CC=4)c2ccccc2C(c2ccccc2)=C2C=CC=CC21. The molecule has 3 atom stereocenters. The third-order valence-corrected chi connectivity index (χ3v) is 13.5. The van der Waals surface area contributed by atoms with Crippen LogP contribution in [0.2, 0.25) is 0 Å². The Balaban J connectivity index is 1.12. The second-order valence-electron chi connectivity index (χ2n) is 15.1. The fourth-order valence-corrected chi connectivity index (χ4v) is 11.4. The van der Waals surface area contributed by atoms with Crippen LogP contribution in [0, 0.1) is 5.92 Å². The van der Waals surface area contributed by atoms with E-state index < -0.39 is 0 Å². The molecule has 3 aliphatic carbocycles. The van der Waals surface area contributed by atoms with E-state index in [0.717, 1.165) is 12.0 Å². The predicted octanol–water partition coefficient (Wildman–Crippen LogP) is 11.9. The van der Waals surface area contributed by atoms with Gasteiger partial charge in [0.1, 0.15) is 0 Å². The van der Waals surface area contributed by atoms with Crippen LogP contribution in [-0.2, 0) is 5.41 Å². The summed E-state index contributed by atoms with van der Waals surface area (Å²) < 4.78 is 2.78. The zero-order valence-electron chi connectivity index (χ0n) is 30.0. The molecule has 2 heterocycles. The van der Waals surface area contributed by atoms with Gasteiger partial charge >= 0.3 is 0 Å². The van der Waals surface area contributed by atoms with Gasteiger partial charge in [-0.05, 0) is 83.8 Å².